The zero-order chi connectivity index (χ0) is 8.59. The van der Waals surface area contributed by atoms with Gasteiger partial charge < -0.3 is 17.0 Å². The Morgan fingerprint density at radius 3 is 1.54 bits per heavy atom. The summed E-state index contributed by atoms with van der Waals surface area (Å²) in [4.78, 5) is 0. The molecule has 0 aromatic heterocycles. The molecule has 0 radical (unpaired) electrons. The molecule has 13 heavy (non-hydrogen) atoms. The van der Waals surface area contributed by atoms with Gasteiger partial charge in [0, 0.05) is 23.3 Å². The van der Waals surface area contributed by atoms with Crippen molar-refractivity contribution in [2.24, 2.45) is 0 Å². The van der Waals surface area contributed by atoms with Crippen LogP contribution in [0.5, 0.6) is 0 Å². The molecule has 0 N–H and O–H groups in total. The number of rotatable bonds is 0. The summed E-state index contributed by atoms with van der Waals surface area (Å²) in [5.41, 5.74) is -0.668. The quantitative estimate of drug-likeness (QED) is 0.244. The Balaban J connectivity index is 0. The zero-order valence-corrected chi connectivity index (χ0v) is 9.60. The van der Waals surface area contributed by atoms with Gasteiger partial charge in [0.1, 0.15) is 0 Å². The molecule has 0 aliphatic heterocycles. The van der Waals surface area contributed by atoms with Crippen LogP contribution in [0.1, 0.15) is 5.56 Å². The molecule has 0 bridgehead atoms. The third-order valence-electron chi connectivity index (χ3n) is 1.26. The molecule has 0 unspecified atom stereocenters. The number of benzene rings is 1. The van der Waals surface area contributed by atoms with Crippen LogP contribution in [-0.4, -0.2) is 23.1 Å². The van der Waals surface area contributed by atoms with Crippen LogP contribution in [0.25, 0.3) is 0 Å². The fraction of sp³-hybridized carbons (Fsp3) is 0.143. The maximum Gasteiger partial charge on any atom is 2.00 e. The van der Waals surface area contributed by atoms with Crippen molar-refractivity contribution in [1.82, 2.24) is 0 Å². The van der Waals surface area contributed by atoms with Gasteiger partial charge in [-0.3, -0.25) is 8.78 Å². The van der Waals surface area contributed by atoms with Crippen LogP contribution in [0.3, 0.4) is 0 Å². The fourth-order valence-corrected chi connectivity index (χ4v) is 0.632. The molecule has 0 aliphatic carbocycles. The van der Waals surface area contributed by atoms with E-state index in [-0.39, 0.29) is 40.0 Å². The van der Waals surface area contributed by atoms with E-state index in [1.165, 1.54) is 6.07 Å². The van der Waals surface area contributed by atoms with E-state index in [1.807, 2.05) is 0 Å². The second-order valence-electron chi connectivity index (χ2n) is 2.01. The normalized spacial score (nSPS) is 8.69. The monoisotopic (exact) mass is 266 g/mol. The van der Waals surface area contributed by atoms with Crippen LogP contribution >= 0.6 is 0 Å². The molecule has 0 saturated heterocycles. The van der Waals surface area contributed by atoms with E-state index in [1.54, 1.807) is 0 Å². The summed E-state index contributed by atoms with van der Waals surface area (Å²) in [6, 6.07) is 1.26. The molecule has 6 heteroatoms. The molecule has 68 valence electrons. The first-order valence-corrected chi connectivity index (χ1v) is 2.76. The molecule has 1 aromatic carbocycles. The van der Waals surface area contributed by atoms with Crippen molar-refractivity contribution in [2.75, 3.05) is 0 Å². The van der Waals surface area contributed by atoms with Gasteiger partial charge in [-0.25, -0.2) is 8.78 Å². The molecule has 0 fully saturated rings. The van der Waals surface area contributed by atoms with Crippen LogP contribution in [0.4, 0.5) is 17.6 Å². The van der Waals surface area contributed by atoms with Crippen molar-refractivity contribution < 1.29 is 34.5 Å². The van der Waals surface area contributed by atoms with Crippen molar-refractivity contribution in [3.63, 3.8) is 0 Å². The molecule has 1 rings (SSSR count). The SMILES string of the molecule is Cc1c(F)c(F)[c-]c(F)c1F.[Br-].[Mg+2]. The van der Waals surface area contributed by atoms with Gasteiger partial charge in [0.2, 0.25) is 0 Å². The van der Waals surface area contributed by atoms with E-state index < -0.39 is 28.8 Å². The minimum absolute atomic E-state index is 0. The van der Waals surface area contributed by atoms with Gasteiger partial charge in [0.25, 0.3) is 0 Å². The summed E-state index contributed by atoms with van der Waals surface area (Å²) in [5.74, 6) is -5.80. The number of hydrogen-bond donors (Lipinski definition) is 0. The summed E-state index contributed by atoms with van der Waals surface area (Å²) >= 11 is 0. The molecule has 0 nitrogen and oxygen atoms in total. The molecular weight excluding hydrogens is 264 g/mol. The van der Waals surface area contributed by atoms with Crippen molar-refractivity contribution >= 4 is 23.1 Å². The molecule has 0 saturated carbocycles. The van der Waals surface area contributed by atoms with Gasteiger partial charge in [0.05, 0.1) is 0 Å². The van der Waals surface area contributed by atoms with Gasteiger partial charge in [0.15, 0.2) is 0 Å². The molecule has 0 spiro atoms. The Labute approximate surface area is 99.2 Å². The number of halogens is 5. The van der Waals surface area contributed by atoms with Crippen molar-refractivity contribution in [3.05, 3.63) is 34.9 Å². The number of hydrogen-bond acceptors (Lipinski definition) is 0. The van der Waals surface area contributed by atoms with Crippen molar-refractivity contribution in [3.8, 4) is 0 Å². The first-order chi connectivity index (χ1) is 5.04. The minimum Gasteiger partial charge on any atom is -1.00 e. The largest absolute Gasteiger partial charge is 2.00 e. The molecule has 0 amide bonds. The molecule has 1 aromatic rings. The topological polar surface area (TPSA) is 0 Å². The van der Waals surface area contributed by atoms with E-state index in [0.29, 0.717) is 0 Å². The van der Waals surface area contributed by atoms with E-state index in [9.17, 15) is 17.6 Å². The molecule has 0 aliphatic rings. The standard InChI is InChI=1S/C7H3F4.BrH.Mg/c1-3-6(10)4(8)2-5(9)7(3)11;;/h1H3;1H;/q-1;;+2/p-1. The van der Waals surface area contributed by atoms with Gasteiger partial charge >= 0.3 is 23.1 Å². The van der Waals surface area contributed by atoms with Crippen LogP contribution < -0.4 is 17.0 Å². The van der Waals surface area contributed by atoms with Crippen molar-refractivity contribution in [1.29, 1.82) is 0 Å². The van der Waals surface area contributed by atoms with E-state index in [0.717, 1.165) is 6.92 Å². The summed E-state index contributed by atoms with van der Waals surface area (Å²) in [6.45, 7) is 0.949. The average molecular weight is 267 g/mol. The Hall–Kier alpha value is 0.186. The summed E-state index contributed by atoms with van der Waals surface area (Å²) < 4.78 is 49.1. The van der Waals surface area contributed by atoms with Crippen molar-refractivity contribution in [2.45, 2.75) is 6.92 Å². The molecule has 0 atom stereocenters. The Morgan fingerprint density at radius 2 is 1.23 bits per heavy atom. The molecular formula is C7H3BrF4Mg. The predicted molar refractivity (Wildman–Crippen MR) is 35.6 cm³/mol. The second kappa shape index (κ2) is 5.82. The minimum atomic E-state index is -1.50. The third kappa shape index (κ3) is 3.10. The Kier molecular flexibility index (Phi) is 7.01. The first-order valence-electron chi connectivity index (χ1n) is 2.76. The van der Waals surface area contributed by atoms with Gasteiger partial charge in [-0.05, 0) is 0 Å². The van der Waals surface area contributed by atoms with E-state index >= 15 is 0 Å². The summed E-state index contributed by atoms with van der Waals surface area (Å²) in [5, 5.41) is 0. The van der Waals surface area contributed by atoms with Crippen LogP contribution in [0.2, 0.25) is 0 Å². The van der Waals surface area contributed by atoms with Gasteiger partial charge in [-0.1, -0.05) is 12.5 Å². The smallest absolute Gasteiger partial charge is 1.00 e. The zero-order valence-electron chi connectivity index (χ0n) is 6.60. The fourth-order valence-electron chi connectivity index (χ4n) is 0.632. The van der Waals surface area contributed by atoms with E-state index in [2.05, 4.69) is 0 Å². The van der Waals surface area contributed by atoms with Crippen LogP contribution in [0, 0.1) is 36.3 Å². The van der Waals surface area contributed by atoms with E-state index in [4.69, 9.17) is 0 Å². The summed E-state index contributed by atoms with van der Waals surface area (Å²) in [7, 11) is 0. The Bertz CT molecular complexity index is 277. The van der Waals surface area contributed by atoms with Crippen LogP contribution in [-0.2, 0) is 0 Å². The second-order valence-corrected chi connectivity index (χ2v) is 2.01. The Morgan fingerprint density at radius 1 is 0.923 bits per heavy atom. The molecule has 0 heterocycles. The third-order valence-corrected chi connectivity index (χ3v) is 1.26. The maximum atomic E-state index is 12.4. The predicted octanol–water partition coefficient (Wildman–Crippen LogP) is -1.03. The van der Waals surface area contributed by atoms with Gasteiger partial charge in [-0.2, -0.15) is 0 Å². The maximum absolute atomic E-state index is 12.4. The van der Waals surface area contributed by atoms with Crippen LogP contribution in [0.15, 0.2) is 0 Å². The summed E-state index contributed by atoms with van der Waals surface area (Å²) in [6.07, 6.45) is 0. The average Bonchev–Trinajstić information content (AvgIpc) is 1.97. The first kappa shape index (κ1) is 15.6. The van der Waals surface area contributed by atoms with Gasteiger partial charge in [-0.15, -0.1) is 6.07 Å².